The fraction of sp³-hybridized carbons (Fsp3) is 0.417. The molecule has 0 radical (unpaired) electrons. The Morgan fingerprint density at radius 2 is 2.11 bits per heavy atom. The summed E-state index contributed by atoms with van der Waals surface area (Å²) in [7, 11) is 1.27. The van der Waals surface area contributed by atoms with Crippen molar-refractivity contribution in [1.29, 1.82) is 0 Å². The van der Waals surface area contributed by atoms with Crippen LogP contribution in [0.15, 0.2) is 12.1 Å². The molecule has 1 aromatic rings. The lowest BCUT2D eigenvalue weighted by Crippen LogP contribution is -2.27. The highest BCUT2D eigenvalue weighted by Gasteiger charge is 2.10. The van der Waals surface area contributed by atoms with Gasteiger partial charge in [-0.05, 0) is 18.1 Å². The van der Waals surface area contributed by atoms with Gasteiger partial charge in [0.05, 0.1) is 7.11 Å². The number of carbonyl (C=O) groups is 1. The minimum absolute atomic E-state index is 0.136. The first-order valence-electron chi connectivity index (χ1n) is 5.57. The third kappa shape index (κ3) is 3.96. The van der Waals surface area contributed by atoms with E-state index in [0.717, 1.165) is 12.1 Å². The molecule has 1 amide bonds. The molecule has 0 spiro atoms. The summed E-state index contributed by atoms with van der Waals surface area (Å²) < 4.78 is 31.5. The Kier molecular flexibility index (Phi) is 5.51. The van der Waals surface area contributed by atoms with Crippen LogP contribution >= 0.6 is 0 Å². The Labute approximate surface area is 104 Å². The second-order valence-corrected chi connectivity index (χ2v) is 3.72. The first-order valence-corrected chi connectivity index (χ1v) is 5.57. The number of carbonyl (C=O) groups excluding carboxylic acids is 1. The van der Waals surface area contributed by atoms with Crippen molar-refractivity contribution in [3.05, 3.63) is 29.3 Å². The Balaban J connectivity index is 2.57. The summed E-state index contributed by atoms with van der Waals surface area (Å²) in [6.45, 7) is 0.499. The molecule has 4 nitrogen and oxygen atoms in total. The molecule has 0 saturated carbocycles. The molecule has 0 aliphatic carbocycles. The van der Waals surface area contributed by atoms with Gasteiger partial charge in [0.1, 0.15) is 5.82 Å². The first-order chi connectivity index (χ1) is 8.58. The minimum Gasteiger partial charge on any atom is -0.494 e. The number of methoxy groups -OCH3 is 1. The van der Waals surface area contributed by atoms with E-state index in [1.807, 2.05) is 0 Å². The molecule has 18 heavy (non-hydrogen) atoms. The molecule has 6 heteroatoms. The SMILES string of the molecule is COc1cc(F)c(CCNC(=O)CCN)cc1F. The minimum atomic E-state index is -0.623. The highest BCUT2D eigenvalue weighted by molar-refractivity contribution is 5.75. The number of hydrogen-bond donors (Lipinski definition) is 2. The molecule has 0 saturated heterocycles. The van der Waals surface area contributed by atoms with Gasteiger partial charge in [-0.1, -0.05) is 0 Å². The van der Waals surface area contributed by atoms with E-state index >= 15 is 0 Å². The van der Waals surface area contributed by atoms with E-state index in [1.54, 1.807) is 0 Å². The van der Waals surface area contributed by atoms with E-state index in [0.29, 0.717) is 0 Å². The molecule has 0 bridgehead atoms. The lowest BCUT2D eigenvalue weighted by Gasteiger charge is -2.08. The van der Waals surface area contributed by atoms with Gasteiger partial charge in [0.25, 0.3) is 0 Å². The Hall–Kier alpha value is -1.69. The number of amides is 1. The van der Waals surface area contributed by atoms with Crippen LogP contribution in [0.4, 0.5) is 8.78 Å². The fourth-order valence-electron chi connectivity index (χ4n) is 1.47. The summed E-state index contributed by atoms with van der Waals surface area (Å²) in [5.74, 6) is -1.51. The number of nitrogens with one attached hydrogen (secondary N) is 1. The molecule has 100 valence electrons. The molecular formula is C12H16F2N2O2. The molecule has 1 rings (SSSR count). The second kappa shape index (κ2) is 6.90. The monoisotopic (exact) mass is 258 g/mol. The van der Waals surface area contributed by atoms with Gasteiger partial charge in [-0.2, -0.15) is 0 Å². The maximum absolute atomic E-state index is 13.5. The van der Waals surface area contributed by atoms with Crippen molar-refractivity contribution < 1.29 is 18.3 Å². The normalized spacial score (nSPS) is 10.2. The summed E-state index contributed by atoms with van der Waals surface area (Å²) in [5, 5.41) is 2.57. The van der Waals surface area contributed by atoms with Crippen LogP contribution in [0, 0.1) is 11.6 Å². The Morgan fingerprint density at radius 1 is 1.39 bits per heavy atom. The van der Waals surface area contributed by atoms with Gasteiger partial charge in [0, 0.05) is 25.6 Å². The van der Waals surface area contributed by atoms with Gasteiger partial charge in [-0.15, -0.1) is 0 Å². The smallest absolute Gasteiger partial charge is 0.221 e. The van der Waals surface area contributed by atoms with Crippen molar-refractivity contribution in [2.24, 2.45) is 5.73 Å². The molecule has 0 aliphatic heterocycles. The summed E-state index contributed by atoms with van der Waals surface area (Å²) in [6.07, 6.45) is 0.433. The number of benzene rings is 1. The van der Waals surface area contributed by atoms with E-state index in [4.69, 9.17) is 5.73 Å². The summed E-state index contributed by atoms with van der Waals surface area (Å²) in [6, 6.07) is 2.07. The van der Waals surface area contributed by atoms with Gasteiger partial charge in [-0.3, -0.25) is 4.79 Å². The van der Waals surface area contributed by atoms with Crippen LogP contribution in [-0.4, -0.2) is 26.1 Å². The molecule has 1 aromatic carbocycles. The number of rotatable bonds is 6. The van der Waals surface area contributed by atoms with E-state index in [-0.39, 0.29) is 43.2 Å². The topological polar surface area (TPSA) is 64.3 Å². The molecule has 0 heterocycles. The van der Waals surface area contributed by atoms with Crippen molar-refractivity contribution in [2.75, 3.05) is 20.2 Å². The average Bonchev–Trinajstić information content (AvgIpc) is 2.33. The van der Waals surface area contributed by atoms with Gasteiger partial charge in [0.2, 0.25) is 5.91 Å². The number of nitrogens with two attached hydrogens (primary N) is 1. The van der Waals surface area contributed by atoms with Gasteiger partial charge < -0.3 is 15.8 Å². The lowest BCUT2D eigenvalue weighted by molar-refractivity contribution is -0.120. The molecule has 0 aromatic heterocycles. The molecule has 0 fully saturated rings. The van der Waals surface area contributed by atoms with Gasteiger partial charge >= 0.3 is 0 Å². The molecule has 3 N–H and O–H groups in total. The highest BCUT2D eigenvalue weighted by Crippen LogP contribution is 2.21. The second-order valence-electron chi connectivity index (χ2n) is 3.72. The van der Waals surface area contributed by atoms with Crippen LogP contribution in [-0.2, 0) is 11.2 Å². The zero-order valence-corrected chi connectivity index (χ0v) is 10.1. The van der Waals surface area contributed by atoms with Crippen LogP contribution in [0.25, 0.3) is 0 Å². The van der Waals surface area contributed by atoms with Crippen LogP contribution in [0.2, 0.25) is 0 Å². The number of ether oxygens (including phenoxy) is 1. The van der Waals surface area contributed by atoms with Crippen LogP contribution in [0.3, 0.4) is 0 Å². The van der Waals surface area contributed by atoms with E-state index in [9.17, 15) is 13.6 Å². The van der Waals surface area contributed by atoms with Crippen molar-refractivity contribution in [2.45, 2.75) is 12.8 Å². The van der Waals surface area contributed by atoms with Crippen LogP contribution in [0.5, 0.6) is 5.75 Å². The first kappa shape index (κ1) is 14.4. The molecule has 0 unspecified atom stereocenters. The lowest BCUT2D eigenvalue weighted by atomic mass is 10.1. The molecular weight excluding hydrogens is 242 g/mol. The maximum Gasteiger partial charge on any atom is 0.221 e. The van der Waals surface area contributed by atoms with Crippen molar-refractivity contribution in [3.63, 3.8) is 0 Å². The van der Waals surface area contributed by atoms with Crippen LogP contribution in [0.1, 0.15) is 12.0 Å². The summed E-state index contributed by atoms with van der Waals surface area (Å²) >= 11 is 0. The summed E-state index contributed by atoms with van der Waals surface area (Å²) in [5.41, 5.74) is 5.40. The Bertz CT molecular complexity index is 425. The number of halogens is 2. The van der Waals surface area contributed by atoms with Gasteiger partial charge in [-0.25, -0.2) is 8.78 Å². The van der Waals surface area contributed by atoms with E-state index in [1.165, 1.54) is 7.11 Å². The van der Waals surface area contributed by atoms with Crippen molar-refractivity contribution in [1.82, 2.24) is 5.32 Å². The third-order valence-corrected chi connectivity index (χ3v) is 2.41. The van der Waals surface area contributed by atoms with Gasteiger partial charge in [0.15, 0.2) is 11.6 Å². The highest BCUT2D eigenvalue weighted by atomic mass is 19.1. The standard InChI is InChI=1S/C12H16F2N2O2/c1-18-11-7-9(13)8(6-10(11)14)3-5-16-12(17)2-4-15/h6-7H,2-5,15H2,1H3,(H,16,17). The predicted molar refractivity (Wildman–Crippen MR) is 63.3 cm³/mol. The quantitative estimate of drug-likeness (QED) is 0.799. The zero-order valence-electron chi connectivity index (χ0n) is 10.1. The number of hydrogen-bond acceptors (Lipinski definition) is 3. The zero-order chi connectivity index (χ0) is 13.5. The summed E-state index contributed by atoms with van der Waals surface area (Å²) in [4.78, 5) is 11.1. The average molecular weight is 258 g/mol. The van der Waals surface area contributed by atoms with E-state index < -0.39 is 11.6 Å². The molecule has 0 atom stereocenters. The van der Waals surface area contributed by atoms with Crippen LogP contribution < -0.4 is 15.8 Å². The predicted octanol–water partition coefficient (Wildman–Crippen LogP) is 0.981. The largest absolute Gasteiger partial charge is 0.494 e. The van der Waals surface area contributed by atoms with E-state index in [2.05, 4.69) is 10.1 Å². The van der Waals surface area contributed by atoms with Crippen molar-refractivity contribution in [3.8, 4) is 5.75 Å². The fourth-order valence-corrected chi connectivity index (χ4v) is 1.47. The third-order valence-electron chi connectivity index (χ3n) is 2.41. The Morgan fingerprint density at radius 3 is 2.72 bits per heavy atom. The molecule has 0 aliphatic rings. The maximum atomic E-state index is 13.5. The van der Waals surface area contributed by atoms with Crippen molar-refractivity contribution >= 4 is 5.91 Å².